The van der Waals surface area contributed by atoms with Crippen molar-refractivity contribution in [2.75, 3.05) is 11.9 Å². The molecule has 138 valence electrons. The highest BCUT2D eigenvalue weighted by molar-refractivity contribution is 7.16. The van der Waals surface area contributed by atoms with Gasteiger partial charge < -0.3 is 10.1 Å². The smallest absolute Gasteiger partial charge is 0.341 e. The van der Waals surface area contributed by atoms with Gasteiger partial charge in [0.1, 0.15) is 5.00 Å². The second kappa shape index (κ2) is 8.09. The number of carbonyl (C=O) groups excluding carboxylic acids is 2. The summed E-state index contributed by atoms with van der Waals surface area (Å²) in [5.74, 6) is -0.270. The van der Waals surface area contributed by atoms with Crippen LogP contribution in [0.5, 0.6) is 0 Å². The van der Waals surface area contributed by atoms with Gasteiger partial charge in [0.15, 0.2) is 5.82 Å². The molecule has 1 amide bonds. The van der Waals surface area contributed by atoms with Gasteiger partial charge in [0.25, 0.3) is 5.91 Å². The quantitative estimate of drug-likeness (QED) is 0.668. The number of anilines is 1. The van der Waals surface area contributed by atoms with Crippen molar-refractivity contribution in [3.05, 3.63) is 64.3 Å². The number of rotatable bonds is 5. The monoisotopic (exact) mass is 381 g/mol. The van der Waals surface area contributed by atoms with Crippen LogP contribution in [0.1, 0.15) is 38.1 Å². The maximum absolute atomic E-state index is 12.6. The first-order valence-corrected chi connectivity index (χ1v) is 9.28. The van der Waals surface area contributed by atoms with Crippen molar-refractivity contribution in [2.45, 2.75) is 20.8 Å². The molecule has 2 heterocycles. The molecule has 0 spiro atoms. The Hall–Kier alpha value is -3.06. The van der Waals surface area contributed by atoms with Crippen molar-refractivity contribution in [1.82, 2.24) is 9.97 Å². The summed E-state index contributed by atoms with van der Waals surface area (Å²) < 4.78 is 5.11. The van der Waals surface area contributed by atoms with Gasteiger partial charge >= 0.3 is 5.97 Å². The molecule has 0 unspecified atom stereocenters. The van der Waals surface area contributed by atoms with E-state index in [-0.39, 0.29) is 12.5 Å². The zero-order valence-corrected chi connectivity index (χ0v) is 16.1. The molecule has 3 aromatic rings. The van der Waals surface area contributed by atoms with E-state index in [4.69, 9.17) is 4.74 Å². The fourth-order valence-corrected chi connectivity index (χ4v) is 3.56. The molecule has 0 fully saturated rings. The van der Waals surface area contributed by atoms with Crippen molar-refractivity contribution >= 4 is 28.2 Å². The van der Waals surface area contributed by atoms with Gasteiger partial charge in [0, 0.05) is 22.8 Å². The predicted molar refractivity (Wildman–Crippen MR) is 105 cm³/mol. The van der Waals surface area contributed by atoms with Crippen LogP contribution in [0.25, 0.3) is 11.4 Å². The molecule has 2 aromatic heterocycles. The Kier molecular flexibility index (Phi) is 5.61. The minimum Gasteiger partial charge on any atom is -0.462 e. The standard InChI is InChI=1S/C20H19N3O3S/c1-4-26-20(25)16-12(2)13(3)27-19(16)23-18(24)15-10-21-17(22-11-15)14-8-6-5-7-9-14/h5-11H,4H2,1-3H3,(H,23,24). The van der Waals surface area contributed by atoms with Gasteiger partial charge in [-0.15, -0.1) is 11.3 Å². The van der Waals surface area contributed by atoms with Crippen molar-refractivity contribution in [3.63, 3.8) is 0 Å². The molecular weight excluding hydrogens is 362 g/mol. The third kappa shape index (κ3) is 4.03. The highest BCUT2D eigenvalue weighted by Crippen LogP contribution is 2.33. The Labute approximate surface area is 161 Å². The fourth-order valence-electron chi connectivity index (χ4n) is 2.52. The summed E-state index contributed by atoms with van der Waals surface area (Å²) in [6.45, 7) is 5.76. The molecule has 27 heavy (non-hydrogen) atoms. The molecule has 0 aliphatic heterocycles. The number of nitrogens with one attached hydrogen (secondary N) is 1. The number of carbonyl (C=O) groups is 2. The molecule has 0 saturated carbocycles. The number of esters is 1. The maximum Gasteiger partial charge on any atom is 0.341 e. The lowest BCUT2D eigenvalue weighted by Crippen LogP contribution is -2.15. The number of ether oxygens (including phenoxy) is 1. The predicted octanol–water partition coefficient (Wildman–Crippen LogP) is 4.25. The summed E-state index contributed by atoms with van der Waals surface area (Å²) in [5.41, 5.74) is 2.39. The topological polar surface area (TPSA) is 81.2 Å². The zero-order chi connectivity index (χ0) is 19.4. The van der Waals surface area contributed by atoms with E-state index in [2.05, 4.69) is 15.3 Å². The first-order valence-electron chi connectivity index (χ1n) is 8.47. The Morgan fingerprint density at radius 2 is 1.78 bits per heavy atom. The van der Waals surface area contributed by atoms with Crippen LogP contribution < -0.4 is 5.32 Å². The van der Waals surface area contributed by atoms with Crippen LogP contribution in [-0.2, 0) is 4.74 Å². The minimum atomic E-state index is -0.440. The Morgan fingerprint density at radius 1 is 1.11 bits per heavy atom. The molecule has 3 rings (SSSR count). The number of hydrogen-bond donors (Lipinski definition) is 1. The summed E-state index contributed by atoms with van der Waals surface area (Å²) in [7, 11) is 0. The van der Waals surface area contributed by atoms with Crippen LogP contribution in [0.4, 0.5) is 5.00 Å². The van der Waals surface area contributed by atoms with E-state index in [0.29, 0.717) is 22.0 Å². The van der Waals surface area contributed by atoms with E-state index >= 15 is 0 Å². The minimum absolute atomic E-state index is 0.273. The molecule has 0 aliphatic carbocycles. The van der Waals surface area contributed by atoms with Crippen LogP contribution >= 0.6 is 11.3 Å². The Balaban J connectivity index is 1.82. The molecule has 0 atom stereocenters. The molecule has 0 aliphatic rings. The van der Waals surface area contributed by atoms with Crippen molar-refractivity contribution in [3.8, 4) is 11.4 Å². The largest absolute Gasteiger partial charge is 0.462 e. The number of amides is 1. The van der Waals surface area contributed by atoms with Crippen molar-refractivity contribution in [2.24, 2.45) is 0 Å². The van der Waals surface area contributed by atoms with Gasteiger partial charge in [0.05, 0.1) is 17.7 Å². The van der Waals surface area contributed by atoms with Crippen molar-refractivity contribution < 1.29 is 14.3 Å². The molecule has 1 N–H and O–H groups in total. The van der Waals surface area contributed by atoms with Gasteiger partial charge in [0.2, 0.25) is 0 Å². The summed E-state index contributed by atoms with van der Waals surface area (Å²) in [5, 5.41) is 3.26. The number of thiophene rings is 1. The van der Waals surface area contributed by atoms with E-state index in [1.54, 1.807) is 6.92 Å². The maximum atomic E-state index is 12.6. The molecule has 0 radical (unpaired) electrons. The average Bonchev–Trinajstić information content (AvgIpc) is 2.96. The van der Waals surface area contributed by atoms with Crippen LogP contribution in [0.15, 0.2) is 42.7 Å². The first kappa shape index (κ1) is 18.7. The molecular formula is C20H19N3O3S. The normalized spacial score (nSPS) is 10.5. The van der Waals surface area contributed by atoms with Gasteiger partial charge in [-0.3, -0.25) is 4.79 Å². The van der Waals surface area contributed by atoms with E-state index < -0.39 is 5.97 Å². The molecule has 1 aromatic carbocycles. The van der Waals surface area contributed by atoms with E-state index in [1.807, 2.05) is 44.2 Å². The Morgan fingerprint density at radius 3 is 2.41 bits per heavy atom. The second-order valence-corrected chi connectivity index (χ2v) is 7.05. The number of benzene rings is 1. The SMILES string of the molecule is CCOC(=O)c1c(NC(=O)c2cnc(-c3ccccc3)nc2)sc(C)c1C. The molecule has 0 saturated heterocycles. The van der Waals surface area contributed by atoms with Gasteiger partial charge in [-0.05, 0) is 26.3 Å². The van der Waals surface area contributed by atoms with Gasteiger partial charge in [-0.25, -0.2) is 14.8 Å². The van der Waals surface area contributed by atoms with Crippen LogP contribution in [0, 0.1) is 13.8 Å². The molecule has 0 bridgehead atoms. The third-order valence-corrected chi connectivity index (χ3v) is 5.16. The summed E-state index contributed by atoms with van der Waals surface area (Å²) in [6, 6.07) is 9.52. The van der Waals surface area contributed by atoms with E-state index in [1.165, 1.54) is 23.7 Å². The van der Waals surface area contributed by atoms with Crippen LogP contribution in [0.3, 0.4) is 0 Å². The molecule has 6 nitrogen and oxygen atoms in total. The Bertz CT molecular complexity index is 966. The number of aromatic nitrogens is 2. The van der Waals surface area contributed by atoms with Gasteiger partial charge in [-0.2, -0.15) is 0 Å². The zero-order valence-electron chi connectivity index (χ0n) is 15.3. The average molecular weight is 381 g/mol. The summed E-state index contributed by atoms with van der Waals surface area (Å²) in [4.78, 5) is 34.3. The lowest BCUT2D eigenvalue weighted by Gasteiger charge is -2.07. The summed E-state index contributed by atoms with van der Waals surface area (Å²) in [6.07, 6.45) is 2.95. The third-order valence-electron chi connectivity index (χ3n) is 4.04. The van der Waals surface area contributed by atoms with Crippen LogP contribution in [0.2, 0.25) is 0 Å². The fraction of sp³-hybridized carbons (Fsp3) is 0.200. The summed E-state index contributed by atoms with van der Waals surface area (Å²) >= 11 is 1.34. The number of aryl methyl sites for hydroxylation is 1. The lowest BCUT2D eigenvalue weighted by molar-refractivity contribution is 0.0527. The van der Waals surface area contributed by atoms with E-state index in [0.717, 1.165) is 16.0 Å². The number of hydrogen-bond acceptors (Lipinski definition) is 6. The molecule has 7 heteroatoms. The van der Waals surface area contributed by atoms with Crippen molar-refractivity contribution in [1.29, 1.82) is 0 Å². The second-order valence-electron chi connectivity index (χ2n) is 5.82. The van der Waals surface area contributed by atoms with Crippen LogP contribution in [-0.4, -0.2) is 28.5 Å². The lowest BCUT2D eigenvalue weighted by atomic mass is 10.1. The number of nitrogens with zero attached hydrogens (tertiary/aromatic N) is 2. The van der Waals surface area contributed by atoms with E-state index in [9.17, 15) is 9.59 Å². The van der Waals surface area contributed by atoms with Gasteiger partial charge in [-0.1, -0.05) is 30.3 Å². The highest BCUT2D eigenvalue weighted by Gasteiger charge is 2.22. The highest BCUT2D eigenvalue weighted by atomic mass is 32.1. The first-order chi connectivity index (χ1) is 13.0.